The number of benzene rings is 2. The molecule has 1 aromatic heterocycles. The summed E-state index contributed by atoms with van der Waals surface area (Å²) in [6.45, 7) is 0. The lowest BCUT2D eigenvalue weighted by molar-refractivity contribution is -0.117. The topological polar surface area (TPSA) is 102 Å². The molecule has 0 aliphatic heterocycles. The maximum Gasteiger partial charge on any atom is 0.235 e. The van der Waals surface area contributed by atoms with Gasteiger partial charge in [-0.3, -0.25) is 4.79 Å². The van der Waals surface area contributed by atoms with Crippen LogP contribution in [0.1, 0.15) is 17.3 Å². The highest BCUT2D eigenvalue weighted by Crippen LogP contribution is 2.30. The van der Waals surface area contributed by atoms with Gasteiger partial charge in [0.2, 0.25) is 5.91 Å². The molecule has 0 aliphatic rings. The predicted octanol–water partition coefficient (Wildman–Crippen LogP) is 2.18. The molecule has 0 fully saturated rings. The third-order valence-corrected chi connectivity index (χ3v) is 3.92. The maximum absolute atomic E-state index is 12.9. The Balaban J connectivity index is 1.82. The van der Waals surface area contributed by atoms with E-state index in [1.807, 2.05) is 30.3 Å². The number of carbonyl (C=O) groups excluding carboxylic acids is 1. The van der Waals surface area contributed by atoms with Gasteiger partial charge in [-0.2, -0.15) is 5.21 Å². The Kier molecular flexibility index (Phi) is 5.43. The molecular formula is C18H19N5O3. The summed E-state index contributed by atoms with van der Waals surface area (Å²) in [4.78, 5) is 12.9. The predicted molar refractivity (Wildman–Crippen MR) is 95.2 cm³/mol. The molecule has 26 heavy (non-hydrogen) atoms. The van der Waals surface area contributed by atoms with E-state index in [0.29, 0.717) is 29.4 Å². The third kappa shape index (κ3) is 3.97. The number of H-pyrrole nitrogens is 1. The smallest absolute Gasteiger partial charge is 0.235 e. The van der Waals surface area contributed by atoms with E-state index in [9.17, 15) is 4.79 Å². The minimum absolute atomic E-state index is 0.234. The second-order valence-electron chi connectivity index (χ2n) is 5.57. The lowest BCUT2D eigenvalue weighted by Crippen LogP contribution is -2.24. The fourth-order valence-corrected chi connectivity index (χ4v) is 2.61. The summed E-state index contributed by atoms with van der Waals surface area (Å²) in [6.07, 6.45) is 0.458. The van der Waals surface area contributed by atoms with Gasteiger partial charge in [-0.05, 0) is 24.1 Å². The summed E-state index contributed by atoms with van der Waals surface area (Å²) in [7, 11) is 3.10. The molecule has 134 valence electrons. The third-order valence-electron chi connectivity index (χ3n) is 3.92. The Labute approximate surface area is 150 Å². The molecule has 1 amide bonds. The van der Waals surface area contributed by atoms with Gasteiger partial charge in [0, 0.05) is 11.8 Å². The van der Waals surface area contributed by atoms with Gasteiger partial charge in [0.25, 0.3) is 0 Å². The number of hydrogen-bond acceptors (Lipinski definition) is 6. The van der Waals surface area contributed by atoms with E-state index in [-0.39, 0.29) is 5.91 Å². The number of tetrazole rings is 1. The Morgan fingerprint density at radius 1 is 1.12 bits per heavy atom. The Morgan fingerprint density at radius 3 is 2.54 bits per heavy atom. The van der Waals surface area contributed by atoms with Crippen LogP contribution in [0, 0.1) is 0 Å². The molecule has 1 heterocycles. The highest BCUT2D eigenvalue weighted by Gasteiger charge is 2.25. The molecule has 0 spiro atoms. The number of nitrogens with zero attached hydrogens (tertiary/aromatic N) is 3. The summed E-state index contributed by atoms with van der Waals surface area (Å²) in [5.74, 6) is 0.646. The van der Waals surface area contributed by atoms with Crippen LogP contribution in [0.2, 0.25) is 0 Å². The van der Waals surface area contributed by atoms with Crippen LogP contribution in [0.5, 0.6) is 11.5 Å². The van der Waals surface area contributed by atoms with Crippen LogP contribution in [0.3, 0.4) is 0 Å². The molecule has 2 N–H and O–H groups in total. The van der Waals surface area contributed by atoms with Crippen molar-refractivity contribution in [3.05, 3.63) is 59.9 Å². The summed E-state index contributed by atoms with van der Waals surface area (Å²) >= 11 is 0. The zero-order valence-corrected chi connectivity index (χ0v) is 14.5. The van der Waals surface area contributed by atoms with E-state index in [1.165, 1.54) is 0 Å². The number of nitrogens with one attached hydrogen (secondary N) is 2. The Bertz CT molecular complexity index is 853. The minimum Gasteiger partial charge on any atom is -0.493 e. The maximum atomic E-state index is 12.9. The summed E-state index contributed by atoms with van der Waals surface area (Å²) in [6, 6.07) is 14.9. The number of aromatic amines is 1. The molecule has 8 heteroatoms. The standard InChI is InChI=1S/C18H19N5O3/c1-25-15-9-8-13(11-16(15)26-2)19-18(24)14(17-20-22-23-21-17)10-12-6-4-3-5-7-12/h3-9,11,14H,10H2,1-2H3,(H,19,24)(H,20,21,22,23). The molecule has 0 saturated carbocycles. The van der Waals surface area contributed by atoms with E-state index in [2.05, 4.69) is 25.9 Å². The van der Waals surface area contributed by atoms with Crippen molar-refractivity contribution in [1.29, 1.82) is 0 Å². The molecule has 0 bridgehead atoms. The van der Waals surface area contributed by atoms with E-state index in [1.54, 1.807) is 32.4 Å². The summed E-state index contributed by atoms with van der Waals surface area (Å²) in [5, 5.41) is 16.8. The van der Waals surface area contributed by atoms with Gasteiger partial charge in [0.05, 0.1) is 14.2 Å². The van der Waals surface area contributed by atoms with Crippen molar-refractivity contribution in [2.45, 2.75) is 12.3 Å². The SMILES string of the molecule is COc1ccc(NC(=O)C(Cc2ccccc2)c2nn[nH]n2)cc1OC. The number of ether oxygens (including phenoxy) is 2. The van der Waals surface area contributed by atoms with Gasteiger partial charge in [-0.25, -0.2) is 0 Å². The van der Waals surface area contributed by atoms with E-state index in [0.717, 1.165) is 5.56 Å². The second-order valence-corrected chi connectivity index (χ2v) is 5.57. The van der Waals surface area contributed by atoms with Crippen molar-refractivity contribution in [3.63, 3.8) is 0 Å². The largest absolute Gasteiger partial charge is 0.493 e. The Morgan fingerprint density at radius 2 is 1.88 bits per heavy atom. The van der Waals surface area contributed by atoms with E-state index in [4.69, 9.17) is 9.47 Å². The first-order valence-electron chi connectivity index (χ1n) is 8.01. The van der Waals surface area contributed by atoms with Crippen LogP contribution in [0.15, 0.2) is 48.5 Å². The molecule has 3 aromatic rings. The number of carbonyl (C=O) groups is 1. The zero-order chi connectivity index (χ0) is 18.4. The monoisotopic (exact) mass is 353 g/mol. The number of amides is 1. The van der Waals surface area contributed by atoms with Crippen molar-refractivity contribution in [2.24, 2.45) is 0 Å². The zero-order valence-electron chi connectivity index (χ0n) is 14.5. The average Bonchev–Trinajstić information content (AvgIpc) is 3.21. The number of rotatable bonds is 7. The van der Waals surface area contributed by atoms with Crippen molar-refractivity contribution in [2.75, 3.05) is 19.5 Å². The molecule has 1 atom stereocenters. The van der Waals surface area contributed by atoms with E-state index < -0.39 is 5.92 Å². The van der Waals surface area contributed by atoms with E-state index >= 15 is 0 Å². The van der Waals surface area contributed by atoms with Gasteiger partial charge in [0.15, 0.2) is 17.3 Å². The molecule has 8 nitrogen and oxygen atoms in total. The quantitative estimate of drug-likeness (QED) is 0.675. The molecule has 1 unspecified atom stereocenters. The van der Waals surface area contributed by atoms with Crippen LogP contribution in [0.25, 0.3) is 0 Å². The molecule has 0 aliphatic carbocycles. The van der Waals surface area contributed by atoms with Crippen molar-refractivity contribution < 1.29 is 14.3 Å². The number of methoxy groups -OCH3 is 2. The highest BCUT2D eigenvalue weighted by molar-refractivity contribution is 5.95. The molecule has 0 radical (unpaired) electrons. The van der Waals surface area contributed by atoms with Crippen molar-refractivity contribution in [3.8, 4) is 11.5 Å². The lowest BCUT2D eigenvalue weighted by atomic mass is 9.97. The first-order chi connectivity index (χ1) is 12.7. The van der Waals surface area contributed by atoms with Crippen LogP contribution < -0.4 is 14.8 Å². The lowest BCUT2D eigenvalue weighted by Gasteiger charge is -2.15. The highest BCUT2D eigenvalue weighted by atomic mass is 16.5. The normalized spacial score (nSPS) is 11.6. The number of aromatic nitrogens is 4. The van der Waals surface area contributed by atoms with Gasteiger partial charge in [-0.15, -0.1) is 10.2 Å². The van der Waals surface area contributed by atoms with Gasteiger partial charge in [-0.1, -0.05) is 35.5 Å². The first kappa shape index (κ1) is 17.4. The number of anilines is 1. The molecule has 2 aromatic carbocycles. The average molecular weight is 353 g/mol. The van der Waals surface area contributed by atoms with Crippen molar-refractivity contribution >= 4 is 11.6 Å². The van der Waals surface area contributed by atoms with Gasteiger partial charge in [0.1, 0.15) is 5.92 Å². The summed E-state index contributed by atoms with van der Waals surface area (Å²) < 4.78 is 10.5. The fraction of sp³-hybridized carbons (Fsp3) is 0.222. The number of hydrogen-bond donors (Lipinski definition) is 2. The minimum atomic E-state index is -0.579. The molecular weight excluding hydrogens is 334 g/mol. The van der Waals surface area contributed by atoms with Gasteiger partial charge < -0.3 is 14.8 Å². The van der Waals surface area contributed by atoms with Gasteiger partial charge >= 0.3 is 0 Å². The molecule has 3 rings (SSSR count). The first-order valence-corrected chi connectivity index (χ1v) is 8.01. The van der Waals surface area contributed by atoms with Crippen LogP contribution in [0.4, 0.5) is 5.69 Å². The fourth-order valence-electron chi connectivity index (χ4n) is 2.61. The Hall–Kier alpha value is -3.42. The molecule has 0 saturated heterocycles. The van der Waals surface area contributed by atoms with Crippen LogP contribution >= 0.6 is 0 Å². The summed E-state index contributed by atoms with van der Waals surface area (Å²) in [5.41, 5.74) is 1.60. The van der Waals surface area contributed by atoms with Crippen LogP contribution in [-0.2, 0) is 11.2 Å². The van der Waals surface area contributed by atoms with Crippen molar-refractivity contribution in [1.82, 2.24) is 20.6 Å². The second kappa shape index (κ2) is 8.11. The van der Waals surface area contributed by atoms with Crippen LogP contribution in [-0.4, -0.2) is 40.8 Å².